The second kappa shape index (κ2) is 7.43. The molecule has 0 saturated carbocycles. The molecule has 0 saturated heterocycles. The maximum absolute atomic E-state index is 13.9. The van der Waals surface area contributed by atoms with E-state index in [1.165, 1.54) is 64.6 Å². The Kier molecular flexibility index (Phi) is 4.82. The maximum atomic E-state index is 13.9. The van der Waals surface area contributed by atoms with Crippen molar-refractivity contribution in [1.29, 1.82) is 0 Å². The highest BCUT2D eigenvalue weighted by Gasteiger charge is 2.14. The van der Waals surface area contributed by atoms with Gasteiger partial charge < -0.3 is 4.74 Å². The Morgan fingerprint density at radius 2 is 2.04 bits per heavy atom. The summed E-state index contributed by atoms with van der Waals surface area (Å²) < 4.78 is 34.8. The summed E-state index contributed by atoms with van der Waals surface area (Å²) >= 11 is 1.20. The first-order valence-corrected chi connectivity index (χ1v) is 9.07. The lowest BCUT2D eigenvalue weighted by molar-refractivity contribution is 0.386. The van der Waals surface area contributed by atoms with Gasteiger partial charge in [-0.05, 0) is 35.9 Å². The smallest absolute Gasteiger partial charge is 0.350 e. The number of aromatic nitrogens is 4. The molecular formula is C19H14F2N4O2S. The van der Waals surface area contributed by atoms with E-state index in [0.717, 1.165) is 0 Å². The van der Waals surface area contributed by atoms with Crippen LogP contribution < -0.4 is 10.4 Å². The number of hydrogen-bond acceptors (Lipinski definition) is 5. The number of benzene rings is 2. The molecule has 2 aromatic heterocycles. The number of fused-ring (bicyclic) bond motifs is 1. The van der Waals surface area contributed by atoms with Gasteiger partial charge in [-0.1, -0.05) is 23.9 Å². The molecule has 4 aromatic rings. The standard InChI is InChI=1S/C19H14F2N4O2S/c1-27-16-6-5-12(9-15(16)21)11-25-19(26)24-8-7-22-18(17(24)23-25)28-14-4-2-3-13(20)10-14/h2-10H,11H2,1H3. The summed E-state index contributed by atoms with van der Waals surface area (Å²) in [5.41, 5.74) is 0.529. The number of halogens is 2. The lowest BCUT2D eigenvalue weighted by atomic mass is 10.2. The van der Waals surface area contributed by atoms with E-state index in [0.29, 0.717) is 21.1 Å². The van der Waals surface area contributed by atoms with Crippen LogP contribution in [0.15, 0.2) is 69.6 Å². The Labute approximate surface area is 162 Å². The molecule has 0 amide bonds. The van der Waals surface area contributed by atoms with Gasteiger partial charge in [0.1, 0.15) is 10.8 Å². The molecule has 4 rings (SSSR count). The summed E-state index contributed by atoms with van der Waals surface area (Å²) in [6, 6.07) is 10.5. The van der Waals surface area contributed by atoms with Crippen molar-refractivity contribution in [3.63, 3.8) is 0 Å². The highest BCUT2D eigenvalue weighted by atomic mass is 32.2. The Hall–Kier alpha value is -3.20. The molecule has 0 spiro atoms. The van der Waals surface area contributed by atoms with E-state index in [9.17, 15) is 13.6 Å². The van der Waals surface area contributed by atoms with Gasteiger partial charge in [0.25, 0.3) is 0 Å². The molecule has 0 radical (unpaired) electrons. The summed E-state index contributed by atoms with van der Waals surface area (Å²) in [6.45, 7) is 0.0888. The fraction of sp³-hybridized carbons (Fsp3) is 0.105. The van der Waals surface area contributed by atoms with Gasteiger partial charge in [-0.25, -0.2) is 27.6 Å². The fourth-order valence-corrected chi connectivity index (χ4v) is 3.61. The highest BCUT2D eigenvalue weighted by molar-refractivity contribution is 7.99. The average Bonchev–Trinajstić information content (AvgIpc) is 2.99. The third-order valence-electron chi connectivity index (χ3n) is 4.03. The molecule has 2 heterocycles. The van der Waals surface area contributed by atoms with Crippen molar-refractivity contribution < 1.29 is 13.5 Å². The Morgan fingerprint density at radius 3 is 2.79 bits per heavy atom. The zero-order valence-electron chi connectivity index (χ0n) is 14.7. The normalized spacial score (nSPS) is 11.1. The van der Waals surface area contributed by atoms with Crippen LogP contribution in [-0.2, 0) is 6.54 Å². The van der Waals surface area contributed by atoms with Crippen molar-refractivity contribution in [2.45, 2.75) is 16.5 Å². The van der Waals surface area contributed by atoms with Crippen LogP contribution in [0.3, 0.4) is 0 Å². The second-order valence-electron chi connectivity index (χ2n) is 5.89. The van der Waals surface area contributed by atoms with E-state index in [4.69, 9.17) is 4.74 Å². The lowest BCUT2D eigenvalue weighted by Crippen LogP contribution is -2.21. The van der Waals surface area contributed by atoms with Gasteiger partial charge in [0.15, 0.2) is 17.2 Å². The minimum atomic E-state index is -0.513. The lowest BCUT2D eigenvalue weighted by Gasteiger charge is -2.04. The molecule has 2 aromatic carbocycles. The molecule has 0 bridgehead atoms. The molecule has 28 heavy (non-hydrogen) atoms. The summed E-state index contributed by atoms with van der Waals surface area (Å²) in [6.07, 6.45) is 2.99. The van der Waals surface area contributed by atoms with Gasteiger partial charge >= 0.3 is 5.69 Å². The molecule has 0 N–H and O–H groups in total. The molecule has 0 atom stereocenters. The Balaban J connectivity index is 1.70. The molecular weight excluding hydrogens is 386 g/mol. The predicted molar refractivity (Wildman–Crippen MR) is 99.8 cm³/mol. The SMILES string of the molecule is COc1ccc(Cn2nc3c(Sc4cccc(F)c4)nccn3c2=O)cc1F. The second-order valence-corrected chi connectivity index (χ2v) is 6.96. The van der Waals surface area contributed by atoms with Gasteiger partial charge in [-0.2, -0.15) is 0 Å². The van der Waals surface area contributed by atoms with Crippen molar-refractivity contribution in [3.8, 4) is 5.75 Å². The zero-order chi connectivity index (χ0) is 19.7. The molecule has 9 heteroatoms. The first-order valence-electron chi connectivity index (χ1n) is 8.25. The van der Waals surface area contributed by atoms with Crippen LogP contribution in [-0.4, -0.2) is 26.3 Å². The largest absolute Gasteiger partial charge is 0.494 e. The van der Waals surface area contributed by atoms with Crippen LogP contribution in [0.2, 0.25) is 0 Å². The Morgan fingerprint density at radius 1 is 1.18 bits per heavy atom. The van der Waals surface area contributed by atoms with Gasteiger partial charge in [-0.15, -0.1) is 5.10 Å². The fourth-order valence-electron chi connectivity index (χ4n) is 2.72. The van der Waals surface area contributed by atoms with Crippen LogP contribution >= 0.6 is 11.8 Å². The molecule has 0 fully saturated rings. The highest BCUT2D eigenvalue weighted by Crippen LogP contribution is 2.28. The maximum Gasteiger partial charge on any atom is 0.350 e. The van der Waals surface area contributed by atoms with Crippen LogP contribution in [0.25, 0.3) is 5.65 Å². The molecule has 6 nitrogen and oxygen atoms in total. The molecule has 0 aliphatic carbocycles. The summed E-state index contributed by atoms with van der Waals surface area (Å²) in [4.78, 5) is 17.5. The van der Waals surface area contributed by atoms with Gasteiger partial charge in [0, 0.05) is 17.3 Å². The molecule has 142 valence electrons. The van der Waals surface area contributed by atoms with E-state index in [-0.39, 0.29) is 23.8 Å². The van der Waals surface area contributed by atoms with Crippen molar-refractivity contribution in [3.05, 3.63) is 82.5 Å². The van der Waals surface area contributed by atoms with E-state index in [2.05, 4.69) is 10.1 Å². The van der Waals surface area contributed by atoms with Crippen molar-refractivity contribution >= 4 is 17.4 Å². The topological polar surface area (TPSA) is 61.4 Å². The third-order valence-corrected chi connectivity index (χ3v) is 5.00. The van der Waals surface area contributed by atoms with Crippen molar-refractivity contribution in [1.82, 2.24) is 19.2 Å². The van der Waals surface area contributed by atoms with E-state index < -0.39 is 5.82 Å². The average molecular weight is 400 g/mol. The van der Waals surface area contributed by atoms with Gasteiger partial charge in [0.2, 0.25) is 0 Å². The van der Waals surface area contributed by atoms with Crippen molar-refractivity contribution in [2.75, 3.05) is 7.11 Å². The quantitative estimate of drug-likeness (QED) is 0.514. The van der Waals surface area contributed by atoms with Crippen LogP contribution in [0.1, 0.15) is 5.56 Å². The van der Waals surface area contributed by atoms with Crippen LogP contribution in [0, 0.1) is 11.6 Å². The first kappa shape index (κ1) is 18.2. The van der Waals surface area contributed by atoms with Gasteiger partial charge in [-0.3, -0.25) is 0 Å². The summed E-state index contributed by atoms with van der Waals surface area (Å²) in [5, 5.41) is 4.80. The van der Waals surface area contributed by atoms with E-state index >= 15 is 0 Å². The van der Waals surface area contributed by atoms with Crippen LogP contribution in [0.4, 0.5) is 8.78 Å². The summed E-state index contributed by atoms with van der Waals surface area (Å²) in [7, 11) is 1.38. The minimum Gasteiger partial charge on any atom is -0.494 e. The molecule has 0 aliphatic rings. The minimum absolute atomic E-state index is 0.0888. The predicted octanol–water partition coefficient (Wildman–Crippen LogP) is 3.38. The number of rotatable bonds is 5. The van der Waals surface area contributed by atoms with Crippen LogP contribution in [0.5, 0.6) is 5.75 Å². The van der Waals surface area contributed by atoms with Gasteiger partial charge in [0.05, 0.1) is 13.7 Å². The Bertz CT molecular complexity index is 1220. The molecule has 0 aliphatic heterocycles. The molecule has 0 unspecified atom stereocenters. The van der Waals surface area contributed by atoms with E-state index in [1.807, 2.05) is 0 Å². The zero-order valence-corrected chi connectivity index (χ0v) is 15.5. The summed E-state index contributed by atoms with van der Waals surface area (Å²) in [5.74, 6) is -0.744. The number of methoxy groups -OCH3 is 1. The number of ether oxygens (including phenoxy) is 1. The monoisotopic (exact) mass is 400 g/mol. The number of hydrogen-bond donors (Lipinski definition) is 0. The van der Waals surface area contributed by atoms with E-state index in [1.54, 1.807) is 18.2 Å². The third kappa shape index (κ3) is 3.48. The number of nitrogens with zero attached hydrogens (tertiary/aromatic N) is 4. The van der Waals surface area contributed by atoms with Crippen molar-refractivity contribution in [2.24, 2.45) is 0 Å². The first-order chi connectivity index (χ1) is 13.5.